The van der Waals surface area contributed by atoms with Crippen LogP contribution in [0.5, 0.6) is 0 Å². The average Bonchev–Trinajstić information content (AvgIpc) is 3.30. The number of hydrogen-bond donors (Lipinski definition) is 3. The number of benzene rings is 1. The highest BCUT2D eigenvalue weighted by Gasteiger charge is 2.26. The predicted molar refractivity (Wildman–Crippen MR) is 117 cm³/mol. The highest BCUT2D eigenvalue weighted by atomic mass is 32.1. The van der Waals surface area contributed by atoms with Gasteiger partial charge in [-0.2, -0.15) is 5.10 Å². The van der Waals surface area contributed by atoms with E-state index in [0.717, 1.165) is 55.2 Å². The molecule has 31 heavy (non-hydrogen) atoms. The number of carbonyl (C=O) groups excluding carboxylic acids is 1. The smallest absolute Gasteiger partial charge is 0.277 e. The van der Waals surface area contributed by atoms with E-state index < -0.39 is 17.5 Å². The molecular weight excluding hydrogens is 424 g/mol. The number of nitrogens with one attached hydrogen (secondary N) is 1. The fourth-order valence-corrected chi connectivity index (χ4v) is 4.71. The van der Waals surface area contributed by atoms with Gasteiger partial charge in [-0.3, -0.25) is 9.48 Å². The van der Waals surface area contributed by atoms with Crippen LogP contribution in [0, 0.1) is 17.6 Å². The van der Waals surface area contributed by atoms with Crippen LogP contribution in [-0.4, -0.2) is 40.3 Å². The first-order chi connectivity index (χ1) is 14.9. The molecule has 1 atom stereocenters. The number of carbonyl (C=O) groups is 1. The van der Waals surface area contributed by atoms with E-state index in [1.54, 1.807) is 17.9 Å². The third kappa shape index (κ3) is 4.10. The van der Waals surface area contributed by atoms with Crippen molar-refractivity contribution in [3.05, 3.63) is 41.7 Å². The molecule has 0 radical (unpaired) electrons. The van der Waals surface area contributed by atoms with Crippen molar-refractivity contribution in [1.82, 2.24) is 14.8 Å². The molecule has 4 rings (SSSR count). The Balaban J connectivity index is 1.60. The molecule has 1 aliphatic heterocycles. The molecule has 8 nitrogen and oxygen atoms in total. The van der Waals surface area contributed by atoms with Crippen LogP contribution in [0.2, 0.25) is 0 Å². The fraction of sp³-hybridized carbons (Fsp3) is 0.350. The lowest BCUT2D eigenvalue weighted by Gasteiger charge is -2.34. The second-order valence-corrected chi connectivity index (χ2v) is 8.51. The van der Waals surface area contributed by atoms with Crippen molar-refractivity contribution in [3.63, 3.8) is 0 Å². The minimum absolute atomic E-state index is 0.00600. The lowest BCUT2D eigenvalue weighted by Crippen LogP contribution is -2.39. The summed E-state index contributed by atoms with van der Waals surface area (Å²) in [4.78, 5) is 19.2. The first-order valence-corrected chi connectivity index (χ1v) is 10.7. The van der Waals surface area contributed by atoms with E-state index in [1.807, 2.05) is 0 Å². The SMILES string of the molecule is Cn1ncc(NC(=O)c2nc(-c3c(F)cccc3F)sc2N)c1N1CCC[C@@H](CN)C1. The molecular formula is C20H23F2N7OS. The summed E-state index contributed by atoms with van der Waals surface area (Å²) in [6.45, 7) is 2.20. The Kier molecular flexibility index (Phi) is 5.88. The maximum absolute atomic E-state index is 14.1. The highest BCUT2D eigenvalue weighted by molar-refractivity contribution is 7.19. The Morgan fingerprint density at radius 3 is 2.81 bits per heavy atom. The highest BCUT2D eigenvalue weighted by Crippen LogP contribution is 2.35. The number of anilines is 3. The number of rotatable bonds is 5. The zero-order chi connectivity index (χ0) is 22.1. The van der Waals surface area contributed by atoms with Crippen LogP contribution in [0.3, 0.4) is 0 Å². The molecule has 3 heterocycles. The van der Waals surface area contributed by atoms with E-state index in [1.165, 1.54) is 6.07 Å². The van der Waals surface area contributed by atoms with E-state index in [2.05, 4.69) is 20.3 Å². The van der Waals surface area contributed by atoms with Crippen LogP contribution >= 0.6 is 11.3 Å². The summed E-state index contributed by atoms with van der Waals surface area (Å²) in [6, 6.07) is 3.52. The molecule has 0 unspecified atom stereocenters. The van der Waals surface area contributed by atoms with Crippen molar-refractivity contribution in [2.24, 2.45) is 18.7 Å². The number of amides is 1. The molecule has 0 bridgehead atoms. The number of hydrogen-bond acceptors (Lipinski definition) is 7. The second kappa shape index (κ2) is 8.60. The van der Waals surface area contributed by atoms with Gasteiger partial charge in [0.2, 0.25) is 0 Å². The van der Waals surface area contributed by atoms with Gasteiger partial charge in [0, 0.05) is 20.1 Å². The molecule has 1 amide bonds. The molecule has 2 aromatic heterocycles. The summed E-state index contributed by atoms with van der Waals surface area (Å²) in [7, 11) is 1.80. The summed E-state index contributed by atoms with van der Waals surface area (Å²) < 4.78 is 29.9. The number of thiazole rings is 1. The third-order valence-corrected chi connectivity index (χ3v) is 6.25. The summed E-state index contributed by atoms with van der Waals surface area (Å²) in [5, 5.41) is 7.14. The number of halogens is 2. The summed E-state index contributed by atoms with van der Waals surface area (Å²) in [6.07, 6.45) is 3.62. The molecule has 3 aromatic rings. The van der Waals surface area contributed by atoms with Crippen molar-refractivity contribution in [2.75, 3.05) is 35.6 Å². The van der Waals surface area contributed by atoms with Gasteiger partial charge >= 0.3 is 0 Å². The van der Waals surface area contributed by atoms with Gasteiger partial charge in [0.05, 0.1) is 11.8 Å². The molecule has 1 aromatic carbocycles. The lowest BCUT2D eigenvalue weighted by molar-refractivity contribution is 0.102. The van der Waals surface area contributed by atoms with Crippen molar-refractivity contribution in [3.8, 4) is 10.6 Å². The largest absolute Gasteiger partial charge is 0.389 e. The molecule has 5 N–H and O–H groups in total. The van der Waals surface area contributed by atoms with Gasteiger partial charge in [-0.05, 0) is 37.4 Å². The van der Waals surface area contributed by atoms with Crippen LogP contribution in [0.15, 0.2) is 24.4 Å². The normalized spacial score (nSPS) is 16.5. The van der Waals surface area contributed by atoms with E-state index in [0.29, 0.717) is 18.2 Å². The van der Waals surface area contributed by atoms with Gasteiger partial charge in [0.1, 0.15) is 27.3 Å². The van der Waals surface area contributed by atoms with Crippen molar-refractivity contribution >= 4 is 33.8 Å². The number of piperidine rings is 1. The summed E-state index contributed by atoms with van der Waals surface area (Å²) in [5.74, 6) is -0.969. The van der Waals surface area contributed by atoms with Gasteiger partial charge < -0.3 is 21.7 Å². The third-order valence-electron chi connectivity index (χ3n) is 5.35. The van der Waals surface area contributed by atoms with Gasteiger partial charge in [-0.25, -0.2) is 13.8 Å². The minimum Gasteiger partial charge on any atom is -0.389 e. The Labute approximate surface area is 181 Å². The summed E-state index contributed by atoms with van der Waals surface area (Å²) in [5.41, 5.74) is 11.9. The Morgan fingerprint density at radius 2 is 2.10 bits per heavy atom. The minimum atomic E-state index is -0.769. The Morgan fingerprint density at radius 1 is 1.35 bits per heavy atom. The zero-order valence-electron chi connectivity index (χ0n) is 16.9. The van der Waals surface area contributed by atoms with Crippen LogP contribution < -0.4 is 21.7 Å². The van der Waals surface area contributed by atoms with Gasteiger partial charge in [-0.15, -0.1) is 0 Å². The topological polar surface area (TPSA) is 115 Å². The zero-order valence-corrected chi connectivity index (χ0v) is 17.8. The standard InChI is InChI=1S/C20H23F2N7OS/c1-28-20(29-7-3-4-11(8-23)10-29)14(9-25-28)26-18(30)16-17(24)31-19(27-16)15-12(21)5-2-6-13(15)22/h2,5-6,9,11H,3-4,7-8,10,23-24H2,1H3,(H,26,30)/t11-/m0/s1. The molecule has 11 heteroatoms. The molecule has 1 aliphatic rings. The number of nitrogen functional groups attached to an aromatic ring is 1. The predicted octanol–water partition coefficient (Wildman–Crippen LogP) is 2.83. The van der Waals surface area contributed by atoms with Crippen LogP contribution in [0.4, 0.5) is 25.3 Å². The molecule has 0 aliphatic carbocycles. The molecule has 0 spiro atoms. The monoisotopic (exact) mass is 447 g/mol. The number of nitrogens with zero attached hydrogens (tertiary/aromatic N) is 4. The molecule has 1 saturated heterocycles. The van der Waals surface area contributed by atoms with Gasteiger partial charge in [-0.1, -0.05) is 17.4 Å². The summed E-state index contributed by atoms with van der Waals surface area (Å²) >= 11 is 0.856. The Bertz CT molecular complexity index is 1090. The molecule has 0 saturated carbocycles. The van der Waals surface area contributed by atoms with Gasteiger partial charge in [0.25, 0.3) is 5.91 Å². The van der Waals surface area contributed by atoms with E-state index in [-0.39, 0.29) is 21.3 Å². The molecule has 1 fully saturated rings. The van der Waals surface area contributed by atoms with Crippen molar-refractivity contribution in [1.29, 1.82) is 0 Å². The maximum atomic E-state index is 14.1. The second-order valence-electron chi connectivity index (χ2n) is 7.48. The van der Waals surface area contributed by atoms with Crippen molar-refractivity contribution < 1.29 is 13.6 Å². The van der Waals surface area contributed by atoms with E-state index in [4.69, 9.17) is 11.5 Å². The van der Waals surface area contributed by atoms with Crippen molar-refractivity contribution in [2.45, 2.75) is 12.8 Å². The lowest BCUT2D eigenvalue weighted by atomic mass is 9.98. The van der Waals surface area contributed by atoms with Crippen LogP contribution in [0.1, 0.15) is 23.3 Å². The number of nitrogens with two attached hydrogens (primary N) is 2. The number of aryl methyl sites for hydroxylation is 1. The average molecular weight is 448 g/mol. The van der Waals surface area contributed by atoms with Gasteiger partial charge in [0.15, 0.2) is 11.5 Å². The van der Waals surface area contributed by atoms with Crippen LogP contribution in [0.25, 0.3) is 10.6 Å². The van der Waals surface area contributed by atoms with E-state index in [9.17, 15) is 13.6 Å². The molecule has 164 valence electrons. The fourth-order valence-electron chi connectivity index (χ4n) is 3.83. The Hall–Kier alpha value is -3.05. The first kappa shape index (κ1) is 21.2. The van der Waals surface area contributed by atoms with Crippen LogP contribution in [-0.2, 0) is 7.05 Å². The first-order valence-electron chi connectivity index (χ1n) is 9.88. The maximum Gasteiger partial charge on any atom is 0.277 e. The van der Waals surface area contributed by atoms with E-state index >= 15 is 0 Å². The quantitative estimate of drug-likeness (QED) is 0.554. The number of aromatic nitrogens is 3.